The molecule has 1 aromatic carbocycles. The van der Waals surface area contributed by atoms with E-state index in [1.54, 1.807) is 11.8 Å². The Bertz CT molecular complexity index is 1420. The molecule has 3 aliphatic rings. The third-order valence-corrected chi connectivity index (χ3v) is 10.8. The third-order valence-electron chi connectivity index (χ3n) is 7.81. The Labute approximate surface area is 250 Å². The molecule has 42 heavy (non-hydrogen) atoms. The zero-order valence-electron chi connectivity index (χ0n) is 24.3. The van der Waals surface area contributed by atoms with Crippen LogP contribution in [0.1, 0.15) is 71.2 Å². The van der Waals surface area contributed by atoms with Gasteiger partial charge in [-0.15, -0.1) is 11.3 Å². The Balaban J connectivity index is 1.38. The molecule has 3 amide bonds. The molecule has 11 nitrogen and oxygen atoms in total. The normalized spacial score (nSPS) is 21.5. The van der Waals surface area contributed by atoms with Crippen LogP contribution in [0.15, 0.2) is 29.2 Å². The van der Waals surface area contributed by atoms with Crippen molar-refractivity contribution in [3.63, 3.8) is 0 Å². The number of morpholine rings is 1. The molecular weight excluding hydrogens is 580 g/mol. The topological polar surface area (TPSA) is 126 Å². The lowest BCUT2D eigenvalue weighted by Crippen LogP contribution is -2.48. The second-order valence-corrected chi connectivity index (χ2v) is 14.0. The predicted octanol–water partition coefficient (Wildman–Crippen LogP) is 3.94. The molecule has 1 N–H and O–H groups in total. The van der Waals surface area contributed by atoms with Crippen molar-refractivity contribution in [2.24, 2.45) is 0 Å². The number of thiophene rings is 1. The largest absolute Gasteiger partial charge is 0.450 e. The molecule has 0 spiro atoms. The van der Waals surface area contributed by atoms with Crippen molar-refractivity contribution in [2.75, 3.05) is 44.6 Å². The summed E-state index contributed by atoms with van der Waals surface area (Å²) in [6.45, 7) is 8.31. The highest BCUT2D eigenvalue weighted by molar-refractivity contribution is 7.89. The van der Waals surface area contributed by atoms with Crippen molar-refractivity contribution < 1.29 is 32.3 Å². The van der Waals surface area contributed by atoms with Crippen LogP contribution in [0.3, 0.4) is 0 Å². The molecule has 0 aliphatic carbocycles. The highest BCUT2D eigenvalue weighted by Crippen LogP contribution is 2.39. The number of hydrogen-bond donors (Lipinski definition) is 1. The van der Waals surface area contributed by atoms with Crippen LogP contribution >= 0.6 is 11.3 Å². The Morgan fingerprint density at radius 1 is 1.00 bits per heavy atom. The Morgan fingerprint density at radius 2 is 1.67 bits per heavy atom. The number of rotatable bonds is 6. The van der Waals surface area contributed by atoms with Crippen molar-refractivity contribution in [2.45, 2.75) is 70.1 Å². The van der Waals surface area contributed by atoms with Crippen LogP contribution in [0.2, 0.25) is 0 Å². The molecule has 1 aromatic heterocycles. The summed E-state index contributed by atoms with van der Waals surface area (Å²) in [6.07, 6.45) is 2.62. The van der Waals surface area contributed by atoms with Gasteiger partial charge in [-0.3, -0.25) is 9.59 Å². The molecule has 5 rings (SSSR count). The van der Waals surface area contributed by atoms with Gasteiger partial charge in [-0.1, -0.05) is 0 Å². The fourth-order valence-electron chi connectivity index (χ4n) is 5.77. The number of nitrogens with one attached hydrogen (secondary N) is 1. The number of piperidine rings is 1. The molecule has 2 atom stereocenters. The molecule has 0 saturated carbocycles. The quantitative estimate of drug-likeness (QED) is 0.520. The van der Waals surface area contributed by atoms with E-state index in [0.717, 1.165) is 29.7 Å². The summed E-state index contributed by atoms with van der Waals surface area (Å²) in [7, 11) is -3.75. The molecule has 2 aromatic rings. The van der Waals surface area contributed by atoms with Crippen LogP contribution in [0.4, 0.5) is 9.80 Å². The van der Waals surface area contributed by atoms with Crippen LogP contribution in [0.5, 0.6) is 0 Å². The zero-order chi connectivity index (χ0) is 30.0. The maximum absolute atomic E-state index is 13.7. The molecule has 13 heteroatoms. The van der Waals surface area contributed by atoms with Gasteiger partial charge in [0.1, 0.15) is 5.00 Å². The Morgan fingerprint density at radius 3 is 2.31 bits per heavy atom. The standard InChI is InChI=1S/C29H38N4O7S2/c1-4-39-29(36)32-15-12-23-24(18-32)41-27(25(23)28(35)31-13-6-5-7-14-31)30-26(34)21-8-10-22(11-9-21)42(37,38)33-16-19(2)40-20(3)17-33/h8-11,19-20H,4-7,12-18H2,1-3H3,(H,30,34). The van der Waals surface area contributed by atoms with Gasteiger partial charge in [0.05, 0.1) is 35.8 Å². The number of fused-ring (bicyclic) bond motifs is 1. The SMILES string of the molecule is CCOC(=O)N1CCc2c(sc(NC(=O)c3ccc(S(=O)(=O)N4CC(C)OC(C)C4)cc3)c2C(=O)N2CCCCC2)C1. The van der Waals surface area contributed by atoms with Gasteiger partial charge in [0.25, 0.3) is 11.8 Å². The molecular formula is C29H38N4O7S2. The molecule has 2 unspecified atom stereocenters. The maximum Gasteiger partial charge on any atom is 0.410 e. The van der Waals surface area contributed by atoms with E-state index in [1.165, 1.54) is 39.9 Å². The van der Waals surface area contributed by atoms with E-state index in [1.807, 2.05) is 18.7 Å². The first kappa shape index (κ1) is 30.5. The molecule has 228 valence electrons. The Hall–Kier alpha value is -3.00. The number of anilines is 1. The molecule has 3 aliphatic heterocycles. The first-order valence-electron chi connectivity index (χ1n) is 14.5. The van der Waals surface area contributed by atoms with Crippen molar-refractivity contribution in [1.82, 2.24) is 14.1 Å². The smallest absolute Gasteiger partial charge is 0.410 e. The highest BCUT2D eigenvalue weighted by atomic mass is 32.2. The number of carbonyl (C=O) groups excluding carboxylic acids is 3. The van der Waals surface area contributed by atoms with E-state index < -0.39 is 22.0 Å². The average Bonchev–Trinajstić information content (AvgIpc) is 3.33. The predicted molar refractivity (Wildman–Crippen MR) is 158 cm³/mol. The zero-order valence-corrected chi connectivity index (χ0v) is 25.9. The van der Waals surface area contributed by atoms with Gasteiger partial charge in [-0.05, 0) is 76.3 Å². The first-order valence-corrected chi connectivity index (χ1v) is 16.8. The summed E-state index contributed by atoms with van der Waals surface area (Å²) in [5.74, 6) is -0.552. The number of benzene rings is 1. The molecule has 4 heterocycles. The van der Waals surface area contributed by atoms with Crippen molar-refractivity contribution in [3.8, 4) is 0 Å². The second-order valence-electron chi connectivity index (χ2n) is 11.0. The Kier molecular flexibility index (Phi) is 9.21. The number of sulfonamides is 1. The van der Waals surface area contributed by atoms with Gasteiger partial charge in [-0.2, -0.15) is 4.31 Å². The van der Waals surface area contributed by atoms with Gasteiger partial charge in [0.2, 0.25) is 10.0 Å². The van der Waals surface area contributed by atoms with E-state index in [-0.39, 0.29) is 48.3 Å². The lowest BCUT2D eigenvalue weighted by atomic mass is 10.0. The fraction of sp³-hybridized carbons (Fsp3) is 0.552. The summed E-state index contributed by atoms with van der Waals surface area (Å²) >= 11 is 1.30. The second kappa shape index (κ2) is 12.7. The van der Waals surface area contributed by atoms with E-state index in [2.05, 4.69) is 5.32 Å². The van der Waals surface area contributed by atoms with Crippen LogP contribution in [-0.4, -0.2) is 92.0 Å². The van der Waals surface area contributed by atoms with E-state index in [9.17, 15) is 22.8 Å². The van der Waals surface area contributed by atoms with Gasteiger partial charge < -0.3 is 24.6 Å². The minimum atomic E-state index is -3.75. The summed E-state index contributed by atoms with van der Waals surface area (Å²) < 4.78 is 38.7. The van der Waals surface area contributed by atoms with Crippen LogP contribution in [-0.2, 0) is 32.5 Å². The number of nitrogens with zero attached hydrogens (tertiary/aromatic N) is 3. The minimum absolute atomic E-state index is 0.104. The average molecular weight is 619 g/mol. The third kappa shape index (κ3) is 6.34. The van der Waals surface area contributed by atoms with E-state index in [4.69, 9.17) is 9.47 Å². The number of carbonyl (C=O) groups is 3. The van der Waals surface area contributed by atoms with E-state index >= 15 is 0 Å². The van der Waals surface area contributed by atoms with Gasteiger partial charge in [-0.25, -0.2) is 13.2 Å². The fourth-order valence-corrected chi connectivity index (χ4v) is 8.61. The first-order chi connectivity index (χ1) is 20.1. The summed E-state index contributed by atoms with van der Waals surface area (Å²) in [5, 5.41) is 3.37. The highest BCUT2D eigenvalue weighted by Gasteiger charge is 2.34. The van der Waals surface area contributed by atoms with E-state index in [0.29, 0.717) is 43.2 Å². The number of hydrogen-bond acceptors (Lipinski definition) is 8. The van der Waals surface area contributed by atoms with Gasteiger partial charge >= 0.3 is 6.09 Å². The van der Waals surface area contributed by atoms with Gasteiger partial charge in [0, 0.05) is 43.2 Å². The number of likely N-dealkylation sites (tertiary alicyclic amines) is 1. The van der Waals surface area contributed by atoms with Crippen molar-refractivity contribution in [1.29, 1.82) is 0 Å². The minimum Gasteiger partial charge on any atom is -0.450 e. The number of ether oxygens (including phenoxy) is 2. The summed E-state index contributed by atoms with van der Waals surface area (Å²) in [6, 6.07) is 5.84. The molecule has 0 radical (unpaired) electrons. The molecule has 0 bridgehead atoms. The molecule has 2 saturated heterocycles. The summed E-state index contributed by atoms with van der Waals surface area (Å²) in [5.41, 5.74) is 1.62. The lowest BCUT2D eigenvalue weighted by Gasteiger charge is -2.34. The van der Waals surface area contributed by atoms with Crippen molar-refractivity contribution >= 4 is 44.3 Å². The van der Waals surface area contributed by atoms with Crippen LogP contribution in [0.25, 0.3) is 0 Å². The number of amides is 3. The lowest BCUT2D eigenvalue weighted by molar-refractivity contribution is -0.0440. The van der Waals surface area contributed by atoms with Crippen LogP contribution in [0, 0.1) is 0 Å². The van der Waals surface area contributed by atoms with Crippen molar-refractivity contribution in [3.05, 3.63) is 45.8 Å². The van der Waals surface area contributed by atoms with Crippen LogP contribution < -0.4 is 5.32 Å². The monoisotopic (exact) mass is 618 g/mol. The van der Waals surface area contributed by atoms with Gasteiger partial charge in [0.15, 0.2) is 0 Å². The molecule has 2 fully saturated rings. The maximum atomic E-state index is 13.7. The summed E-state index contributed by atoms with van der Waals surface area (Å²) in [4.78, 5) is 43.9.